The summed E-state index contributed by atoms with van der Waals surface area (Å²) in [6, 6.07) is 16.5. The number of nitrogens with two attached hydrogens (primary N) is 1. The van der Waals surface area contributed by atoms with E-state index in [4.69, 9.17) is 22.7 Å². The van der Waals surface area contributed by atoms with Crippen LogP contribution in [-0.2, 0) is 14.6 Å². The van der Waals surface area contributed by atoms with E-state index in [0.29, 0.717) is 11.5 Å². The Morgan fingerprint density at radius 2 is 1.77 bits per heavy atom. The number of hydrogen-bond acceptors (Lipinski definition) is 4. The highest BCUT2D eigenvalue weighted by Gasteiger charge is 2.73. The third-order valence-electron chi connectivity index (χ3n) is 5.10. The summed E-state index contributed by atoms with van der Waals surface area (Å²) in [5.41, 5.74) is 7.12. The van der Waals surface area contributed by atoms with Crippen LogP contribution in [0, 0.1) is 12.3 Å². The minimum atomic E-state index is -3.61. The molecular weight excluding hydrogens is 366 g/mol. The molecule has 0 amide bonds. The van der Waals surface area contributed by atoms with E-state index >= 15 is 0 Å². The van der Waals surface area contributed by atoms with Gasteiger partial charge < -0.3 is 10.5 Å². The Bertz CT molecular complexity index is 894. The lowest BCUT2D eigenvalue weighted by Crippen LogP contribution is -2.33. The lowest BCUT2D eigenvalue weighted by Gasteiger charge is -2.17. The largest absolute Gasteiger partial charge is 0.393 e. The normalized spacial score (nSPS) is 25.0. The van der Waals surface area contributed by atoms with Crippen molar-refractivity contribution < 1.29 is 13.2 Å². The van der Waals surface area contributed by atoms with Gasteiger partial charge in [0.25, 0.3) is 0 Å². The number of sulfone groups is 1. The third kappa shape index (κ3) is 3.06. The van der Waals surface area contributed by atoms with Gasteiger partial charge in [-0.05, 0) is 31.5 Å². The summed E-state index contributed by atoms with van der Waals surface area (Å²) in [7, 11) is -3.61. The summed E-state index contributed by atoms with van der Waals surface area (Å²) in [4.78, 5) is 0.490. The van der Waals surface area contributed by atoms with Gasteiger partial charge in [-0.15, -0.1) is 0 Å². The maximum absolute atomic E-state index is 13.4. The van der Waals surface area contributed by atoms with Crippen LogP contribution in [0.4, 0.5) is 0 Å². The van der Waals surface area contributed by atoms with E-state index in [2.05, 4.69) is 0 Å². The van der Waals surface area contributed by atoms with Gasteiger partial charge in [0.05, 0.1) is 27.2 Å². The molecule has 0 heterocycles. The molecular formula is C20H23NO3S2. The van der Waals surface area contributed by atoms with Crippen LogP contribution >= 0.6 is 12.2 Å². The maximum atomic E-state index is 13.4. The fourth-order valence-corrected chi connectivity index (χ4v) is 6.45. The van der Waals surface area contributed by atoms with Crippen molar-refractivity contribution in [2.75, 3.05) is 13.2 Å². The molecule has 26 heavy (non-hydrogen) atoms. The fourth-order valence-electron chi connectivity index (χ4n) is 3.68. The Balaban J connectivity index is 2.09. The average Bonchev–Trinajstić information content (AvgIpc) is 3.32. The summed E-state index contributed by atoms with van der Waals surface area (Å²) >= 11 is 5.33. The standard InChI is InChI=1S/C20H23NO3S2/c1-3-24-13-20(19(21)25)17(15-7-5-4-6-8-15)18(20)26(22,23)16-11-9-14(2)10-12-16/h4-12,17-18H,3,13H2,1-2H3,(H2,21,25)/t17-,18-,20+/m1/s1. The molecule has 3 rings (SSSR count). The molecule has 0 spiro atoms. The van der Waals surface area contributed by atoms with Gasteiger partial charge in [-0.25, -0.2) is 8.42 Å². The summed E-state index contributed by atoms with van der Waals surface area (Å²) in [6.45, 7) is 4.47. The molecule has 0 unspecified atom stereocenters. The Morgan fingerprint density at radius 3 is 2.31 bits per heavy atom. The molecule has 138 valence electrons. The first-order valence-corrected chi connectivity index (χ1v) is 10.5. The predicted molar refractivity (Wildman–Crippen MR) is 107 cm³/mol. The first-order valence-electron chi connectivity index (χ1n) is 8.59. The smallest absolute Gasteiger partial charge is 0.182 e. The number of rotatable bonds is 7. The van der Waals surface area contributed by atoms with Crippen molar-refractivity contribution in [2.45, 2.75) is 29.9 Å². The van der Waals surface area contributed by atoms with Gasteiger partial charge >= 0.3 is 0 Å². The molecule has 3 atom stereocenters. The maximum Gasteiger partial charge on any atom is 0.182 e. The van der Waals surface area contributed by atoms with Gasteiger partial charge in [0.15, 0.2) is 9.84 Å². The predicted octanol–water partition coefficient (Wildman–Crippen LogP) is 3.24. The second kappa shape index (κ2) is 7.10. The van der Waals surface area contributed by atoms with Crippen LogP contribution in [0.2, 0.25) is 0 Å². The topological polar surface area (TPSA) is 69.4 Å². The molecule has 0 radical (unpaired) electrons. The van der Waals surface area contributed by atoms with Crippen molar-refractivity contribution >= 4 is 27.0 Å². The zero-order chi connectivity index (χ0) is 18.9. The van der Waals surface area contributed by atoms with Crippen LogP contribution in [0.3, 0.4) is 0 Å². The highest BCUT2D eigenvalue weighted by atomic mass is 32.2. The van der Waals surface area contributed by atoms with Crippen molar-refractivity contribution in [3.05, 3.63) is 65.7 Å². The Hall–Kier alpha value is -1.76. The molecule has 0 saturated heterocycles. The van der Waals surface area contributed by atoms with E-state index in [9.17, 15) is 8.42 Å². The molecule has 1 aliphatic rings. The van der Waals surface area contributed by atoms with Gasteiger partial charge in [0.1, 0.15) is 0 Å². The van der Waals surface area contributed by atoms with Crippen molar-refractivity contribution in [1.82, 2.24) is 0 Å². The number of benzene rings is 2. The first-order chi connectivity index (χ1) is 12.4. The Labute approximate surface area is 160 Å². The minimum absolute atomic E-state index is 0.195. The van der Waals surface area contributed by atoms with Crippen LogP contribution in [-0.4, -0.2) is 31.9 Å². The zero-order valence-electron chi connectivity index (χ0n) is 14.9. The van der Waals surface area contributed by atoms with Crippen LogP contribution in [0.25, 0.3) is 0 Å². The molecule has 2 aromatic rings. The van der Waals surface area contributed by atoms with E-state index in [1.165, 1.54) is 0 Å². The number of ether oxygens (including phenoxy) is 1. The molecule has 1 fully saturated rings. The van der Waals surface area contributed by atoms with Crippen LogP contribution in [0.1, 0.15) is 24.0 Å². The van der Waals surface area contributed by atoms with Crippen molar-refractivity contribution in [3.63, 3.8) is 0 Å². The third-order valence-corrected chi connectivity index (χ3v) is 7.77. The molecule has 4 nitrogen and oxygen atoms in total. The molecule has 0 aromatic heterocycles. The van der Waals surface area contributed by atoms with Gasteiger partial charge in [0, 0.05) is 12.5 Å². The van der Waals surface area contributed by atoms with Crippen LogP contribution in [0.5, 0.6) is 0 Å². The molecule has 1 saturated carbocycles. The minimum Gasteiger partial charge on any atom is -0.393 e. The van der Waals surface area contributed by atoms with Crippen LogP contribution < -0.4 is 5.73 Å². The molecule has 2 N–H and O–H groups in total. The zero-order valence-corrected chi connectivity index (χ0v) is 16.5. The van der Waals surface area contributed by atoms with Gasteiger partial charge in [0.2, 0.25) is 0 Å². The molecule has 0 bridgehead atoms. The summed E-state index contributed by atoms with van der Waals surface area (Å²) < 4.78 is 32.4. The number of aryl methyl sites for hydroxylation is 1. The molecule has 2 aromatic carbocycles. The Morgan fingerprint density at radius 1 is 1.15 bits per heavy atom. The number of thiocarbonyl (C=S) groups is 1. The van der Waals surface area contributed by atoms with Crippen molar-refractivity contribution in [2.24, 2.45) is 11.1 Å². The van der Waals surface area contributed by atoms with Gasteiger partial charge in [-0.1, -0.05) is 60.2 Å². The first kappa shape index (κ1) is 19.0. The summed E-state index contributed by atoms with van der Waals surface area (Å²) in [5, 5.41) is -0.718. The quantitative estimate of drug-likeness (QED) is 0.736. The average molecular weight is 390 g/mol. The number of hydrogen-bond donors (Lipinski definition) is 1. The lowest BCUT2D eigenvalue weighted by molar-refractivity contribution is 0.121. The highest BCUT2D eigenvalue weighted by Crippen LogP contribution is 2.64. The van der Waals surface area contributed by atoms with Crippen molar-refractivity contribution in [3.8, 4) is 0 Å². The molecule has 1 aliphatic carbocycles. The van der Waals surface area contributed by atoms with E-state index in [1.54, 1.807) is 24.3 Å². The van der Waals surface area contributed by atoms with E-state index in [-0.39, 0.29) is 17.5 Å². The van der Waals surface area contributed by atoms with E-state index in [1.807, 2.05) is 44.2 Å². The highest BCUT2D eigenvalue weighted by molar-refractivity contribution is 7.92. The van der Waals surface area contributed by atoms with Gasteiger partial charge in [-0.3, -0.25) is 0 Å². The summed E-state index contributed by atoms with van der Waals surface area (Å²) in [6.07, 6.45) is 0. The van der Waals surface area contributed by atoms with E-state index in [0.717, 1.165) is 11.1 Å². The summed E-state index contributed by atoms with van der Waals surface area (Å²) in [5.74, 6) is -0.306. The molecule has 6 heteroatoms. The molecule has 0 aliphatic heterocycles. The lowest BCUT2D eigenvalue weighted by atomic mass is 10.00. The second-order valence-electron chi connectivity index (χ2n) is 6.71. The van der Waals surface area contributed by atoms with E-state index < -0.39 is 20.5 Å². The monoisotopic (exact) mass is 389 g/mol. The van der Waals surface area contributed by atoms with Gasteiger partial charge in [-0.2, -0.15) is 0 Å². The van der Waals surface area contributed by atoms with Crippen molar-refractivity contribution in [1.29, 1.82) is 0 Å². The second-order valence-corrected chi connectivity index (χ2v) is 9.22. The van der Waals surface area contributed by atoms with Crippen LogP contribution in [0.15, 0.2) is 59.5 Å². The SMILES string of the molecule is CCOC[C@]1(C(N)=S)[C@H](c2ccccc2)[C@H]1S(=O)(=O)c1ccc(C)cc1. The Kier molecular flexibility index (Phi) is 5.19. The fraction of sp³-hybridized carbons (Fsp3) is 0.350.